The van der Waals surface area contributed by atoms with E-state index < -0.39 is 10.0 Å². The Labute approximate surface area is 110 Å². The van der Waals surface area contributed by atoms with Crippen LogP contribution in [-0.4, -0.2) is 32.6 Å². The standard InChI is InChI=1S/C14H21NO2S/c1-12-5-7-13(8-6-12)14(9-4-10-14)11-15(2)18(3,16)17/h5-8H,4,9-11H2,1-3H3. The SMILES string of the molecule is Cc1ccc(C2(CN(C)S(C)(=O)=O)CCC2)cc1. The third-order valence-corrected chi connectivity index (χ3v) is 5.33. The predicted molar refractivity (Wildman–Crippen MR) is 74.2 cm³/mol. The van der Waals surface area contributed by atoms with Crippen LogP contribution in [0.25, 0.3) is 0 Å². The summed E-state index contributed by atoms with van der Waals surface area (Å²) in [5, 5.41) is 0. The lowest BCUT2D eigenvalue weighted by Gasteiger charge is -2.44. The van der Waals surface area contributed by atoms with Crippen LogP contribution in [0, 0.1) is 6.92 Å². The molecule has 0 atom stereocenters. The van der Waals surface area contributed by atoms with Crippen LogP contribution in [0.3, 0.4) is 0 Å². The molecule has 0 heterocycles. The first kappa shape index (κ1) is 13.6. The number of aryl methyl sites for hydroxylation is 1. The molecule has 3 nitrogen and oxygen atoms in total. The summed E-state index contributed by atoms with van der Waals surface area (Å²) in [5.41, 5.74) is 2.55. The summed E-state index contributed by atoms with van der Waals surface area (Å²) in [7, 11) is -1.42. The van der Waals surface area contributed by atoms with E-state index in [1.807, 2.05) is 0 Å². The fourth-order valence-electron chi connectivity index (χ4n) is 2.59. The first-order chi connectivity index (χ1) is 8.33. The van der Waals surface area contributed by atoms with Crippen LogP contribution in [0.1, 0.15) is 30.4 Å². The summed E-state index contributed by atoms with van der Waals surface area (Å²) in [6, 6.07) is 8.50. The minimum Gasteiger partial charge on any atom is -0.213 e. The molecule has 2 rings (SSSR count). The number of sulfonamides is 1. The largest absolute Gasteiger partial charge is 0.213 e. The summed E-state index contributed by atoms with van der Waals surface area (Å²) < 4.78 is 24.6. The van der Waals surface area contributed by atoms with Gasteiger partial charge < -0.3 is 0 Å². The quantitative estimate of drug-likeness (QED) is 0.839. The van der Waals surface area contributed by atoms with Crippen LogP contribution in [0.4, 0.5) is 0 Å². The van der Waals surface area contributed by atoms with E-state index in [9.17, 15) is 8.42 Å². The lowest BCUT2D eigenvalue weighted by atomic mass is 9.64. The maximum atomic E-state index is 11.6. The number of benzene rings is 1. The van der Waals surface area contributed by atoms with Gasteiger partial charge in [0, 0.05) is 19.0 Å². The van der Waals surface area contributed by atoms with E-state index in [1.54, 1.807) is 7.05 Å². The molecule has 0 aliphatic heterocycles. The Morgan fingerprint density at radius 3 is 2.17 bits per heavy atom. The lowest BCUT2D eigenvalue weighted by molar-refractivity contribution is 0.203. The Balaban J connectivity index is 2.24. The zero-order valence-corrected chi connectivity index (χ0v) is 12.1. The summed E-state index contributed by atoms with van der Waals surface area (Å²) in [4.78, 5) is 0. The van der Waals surface area contributed by atoms with Crippen LogP contribution >= 0.6 is 0 Å². The number of rotatable bonds is 4. The minimum absolute atomic E-state index is 0.0333. The average molecular weight is 267 g/mol. The Morgan fingerprint density at radius 2 is 1.78 bits per heavy atom. The summed E-state index contributed by atoms with van der Waals surface area (Å²) >= 11 is 0. The minimum atomic E-state index is -3.10. The third-order valence-electron chi connectivity index (χ3n) is 4.07. The number of hydrogen-bond donors (Lipinski definition) is 0. The van der Waals surface area contributed by atoms with Gasteiger partial charge >= 0.3 is 0 Å². The van der Waals surface area contributed by atoms with E-state index in [2.05, 4.69) is 31.2 Å². The average Bonchev–Trinajstić information content (AvgIpc) is 2.23. The first-order valence-corrected chi connectivity index (χ1v) is 8.17. The normalized spacial score (nSPS) is 18.7. The third kappa shape index (κ3) is 2.59. The summed E-state index contributed by atoms with van der Waals surface area (Å²) in [5.74, 6) is 0. The van der Waals surface area contributed by atoms with Crippen LogP contribution in [0.2, 0.25) is 0 Å². The van der Waals surface area contributed by atoms with E-state index in [-0.39, 0.29) is 5.41 Å². The van der Waals surface area contributed by atoms with E-state index in [4.69, 9.17) is 0 Å². The van der Waals surface area contributed by atoms with Gasteiger partial charge in [-0.2, -0.15) is 0 Å². The van der Waals surface area contributed by atoms with Crippen molar-refractivity contribution < 1.29 is 8.42 Å². The Hall–Kier alpha value is -0.870. The second-order valence-corrected chi connectivity index (χ2v) is 7.61. The van der Waals surface area contributed by atoms with Crippen molar-refractivity contribution in [3.63, 3.8) is 0 Å². The fourth-order valence-corrected chi connectivity index (χ4v) is 3.07. The van der Waals surface area contributed by atoms with Crippen molar-refractivity contribution in [2.75, 3.05) is 19.8 Å². The maximum absolute atomic E-state index is 11.6. The van der Waals surface area contributed by atoms with E-state index in [1.165, 1.54) is 28.1 Å². The number of nitrogens with zero attached hydrogens (tertiary/aromatic N) is 1. The zero-order chi connectivity index (χ0) is 13.4. The van der Waals surface area contributed by atoms with Crippen molar-refractivity contribution in [2.24, 2.45) is 0 Å². The monoisotopic (exact) mass is 267 g/mol. The van der Waals surface area contributed by atoms with E-state index >= 15 is 0 Å². The maximum Gasteiger partial charge on any atom is 0.210 e. The molecule has 0 bridgehead atoms. The topological polar surface area (TPSA) is 37.4 Å². The van der Waals surface area contributed by atoms with Gasteiger partial charge in [0.1, 0.15) is 0 Å². The molecule has 1 saturated carbocycles. The van der Waals surface area contributed by atoms with Gasteiger partial charge in [-0.05, 0) is 25.3 Å². The molecule has 1 aliphatic carbocycles. The van der Waals surface area contributed by atoms with Gasteiger partial charge in [-0.1, -0.05) is 36.2 Å². The van der Waals surface area contributed by atoms with E-state index in [0.29, 0.717) is 6.54 Å². The molecule has 0 spiro atoms. The highest BCUT2D eigenvalue weighted by Gasteiger charge is 2.40. The number of hydrogen-bond acceptors (Lipinski definition) is 2. The predicted octanol–water partition coefficient (Wildman–Crippen LogP) is 2.31. The molecule has 0 aromatic heterocycles. The van der Waals surface area contributed by atoms with Crippen LogP contribution in [0.15, 0.2) is 24.3 Å². The van der Waals surface area contributed by atoms with Gasteiger partial charge in [-0.15, -0.1) is 0 Å². The molecule has 0 N–H and O–H groups in total. The van der Waals surface area contributed by atoms with Crippen molar-refractivity contribution in [3.05, 3.63) is 35.4 Å². The molecule has 100 valence electrons. The van der Waals surface area contributed by atoms with Gasteiger partial charge in [0.25, 0.3) is 0 Å². The highest BCUT2D eigenvalue weighted by atomic mass is 32.2. The van der Waals surface area contributed by atoms with Gasteiger partial charge in [0.05, 0.1) is 6.26 Å². The van der Waals surface area contributed by atoms with Gasteiger partial charge in [-0.25, -0.2) is 12.7 Å². The van der Waals surface area contributed by atoms with Crippen molar-refractivity contribution in [3.8, 4) is 0 Å². The van der Waals surface area contributed by atoms with Crippen molar-refractivity contribution >= 4 is 10.0 Å². The van der Waals surface area contributed by atoms with E-state index in [0.717, 1.165) is 12.8 Å². The van der Waals surface area contributed by atoms with Crippen LogP contribution in [-0.2, 0) is 15.4 Å². The highest BCUT2D eigenvalue weighted by molar-refractivity contribution is 7.88. The molecule has 1 aromatic rings. The smallest absolute Gasteiger partial charge is 0.210 e. The van der Waals surface area contributed by atoms with Crippen LogP contribution in [0.5, 0.6) is 0 Å². The Morgan fingerprint density at radius 1 is 1.22 bits per heavy atom. The second-order valence-electron chi connectivity index (χ2n) is 5.52. The Bertz CT molecular complexity index is 515. The van der Waals surface area contributed by atoms with Gasteiger partial charge in [0.15, 0.2) is 0 Å². The molecule has 0 unspecified atom stereocenters. The molecular weight excluding hydrogens is 246 g/mol. The first-order valence-electron chi connectivity index (χ1n) is 6.32. The molecule has 0 radical (unpaired) electrons. The van der Waals surface area contributed by atoms with Gasteiger partial charge in [0.2, 0.25) is 10.0 Å². The van der Waals surface area contributed by atoms with Gasteiger partial charge in [-0.3, -0.25) is 0 Å². The second kappa shape index (κ2) is 4.67. The molecular formula is C14H21NO2S. The molecule has 0 saturated heterocycles. The molecule has 18 heavy (non-hydrogen) atoms. The molecule has 4 heteroatoms. The van der Waals surface area contributed by atoms with Crippen molar-refractivity contribution in [2.45, 2.75) is 31.6 Å². The fraction of sp³-hybridized carbons (Fsp3) is 0.571. The highest BCUT2D eigenvalue weighted by Crippen LogP contribution is 2.44. The molecule has 1 fully saturated rings. The molecule has 1 aromatic carbocycles. The molecule has 1 aliphatic rings. The number of likely N-dealkylation sites (N-methyl/N-ethyl adjacent to an activating group) is 1. The zero-order valence-electron chi connectivity index (χ0n) is 11.3. The lowest BCUT2D eigenvalue weighted by Crippen LogP contribution is -2.46. The summed E-state index contributed by atoms with van der Waals surface area (Å²) in [6.45, 7) is 2.66. The van der Waals surface area contributed by atoms with Crippen molar-refractivity contribution in [1.29, 1.82) is 0 Å². The summed E-state index contributed by atoms with van der Waals surface area (Å²) in [6.07, 6.45) is 4.62. The Kier molecular flexibility index (Phi) is 3.52. The van der Waals surface area contributed by atoms with Crippen LogP contribution < -0.4 is 0 Å². The van der Waals surface area contributed by atoms with Crippen molar-refractivity contribution in [1.82, 2.24) is 4.31 Å². The molecule has 0 amide bonds.